The van der Waals surface area contributed by atoms with E-state index in [1.165, 1.54) is 0 Å². The third-order valence-electron chi connectivity index (χ3n) is 5.58. The number of methoxy groups -OCH3 is 1. The van der Waals surface area contributed by atoms with Gasteiger partial charge in [0.2, 0.25) is 0 Å². The fraction of sp³-hybridized carbons (Fsp3) is 0.722. The number of nitrogens with one attached hydrogen (secondary N) is 1. The Morgan fingerprint density at radius 2 is 2.12 bits per heavy atom. The summed E-state index contributed by atoms with van der Waals surface area (Å²) in [6, 6.07) is 0. The molecule has 0 bridgehead atoms. The predicted octanol–water partition coefficient (Wildman–Crippen LogP) is 2.02. The minimum atomic E-state index is -0.872. The SMILES string of the molecule is COCCC[C@@]1(C(=O)O)CCCN(C(=O)c2n[nH]c3c2CCCC3)C1. The molecule has 0 spiro atoms. The van der Waals surface area contributed by atoms with E-state index in [9.17, 15) is 14.7 Å². The summed E-state index contributed by atoms with van der Waals surface area (Å²) in [7, 11) is 1.62. The van der Waals surface area contributed by atoms with Crippen LogP contribution in [0.4, 0.5) is 0 Å². The van der Waals surface area contributed by atoms with Crippen LogP contribution < -0.4 is 0 Å². The van der Waals surface area contributed by atoms with Gasteiger partial charge in [-0.2, -0.15) is 5.10 Å². The normalized spacial score (nSPS) is 23.3. The van der Waals surface area contributed by atoms with Crippen molar-refractivity contribution in [1.82, 2.24) is 15.1 Å². The Kier molecular flexibility index (Phi) is 5.42. The number of aliphatic carboxylic acids is 1. The first-order chi connectivity index (χ1) is 12.1. The molecular formula is C18H27N3O4. The summed E-state index contributed by atoms with van der Waals surface area (Å²) in [6.07, 6.45) is 6.52. The van der Waals surface area contributed by atoms with Crippen molar-refractivity contribution < 1.29 is 19.4 Å². The van der Waals surface area contributed by atoms with Gasteiger partial charge >= 0.3 is 5.97 Å². The first-order valence-corrected chi connectivity index (χ1v) is 9.15. The van der Waals surface area contributed by atoms with Crippen molar-refractivity contribution >= 4 is 11.9 Å². The molecule has 7 heteroatoms. The van der Waals surface area contributed by atoms with Gasteiger partial charge in [-0.05, 0) is 51.4 Å². The van der Waals surface area contributed by atoms with Crippen molar-refractivity contribution in [2.45, 2.75) is 51.4 Å². The molecule has 2 N–H and O–H groups in total. The number of hydrogen-bond donors (Lipinski definition) is 2. The maximum Gasteiger partial charge on any atom is 0.311 e. The Balaban J connectivity index is 1.76. The average molecular weight is 349 g/mol. The number of aromatic amines is 1. The summed E-state index contributed by atoms with van der Waals surface area (Å²) in [5.41, 5.74) is 1.72. The summed E-state index contributed by atoms with van der Waals surface area (Å²) in [4.78, 5) is 26.6. The van der Waals surface area contributed by atoms with Gasteiger partial charge in [-0.25, -0.2) is 0 Å². The Morgan fingerprint density at radius 1 is 1.32 bits per heavy atom. The fourth-order valence-corrected chi connectivity index (χ4v) is 4.15. The average Bonchev–Trinajstić information content (AvgIpc) is 3.05. The minimum absolute atomic E-state index is 0.128. The molecule has 25 heavy (non-hydrogen) atoms. The van der Waals surface area contributed by atoms with Gasteiger partial charge in [-0.15, -0.1) is 0 Å². The van der Waals surface area contributed by atoms with Gasteiger partial charge < -0.3 is 14.7 Å². The van der Waals surface area contributed by atoms with Crippen molar-refractivity contribution in [2.75, 3.05) is 26.8 Å². The van der Waals surface area contributed by atoms with Crippen LogP contribution in [0.3, 0.4) is 0 Å². The molecule has 1 amide bonds. The highest BCUT2D eigenvalue weighted by Gasteiger charge is 2.43. The molecule has 0 unspecified atom stereocenters. The predicted molar refractivity (Wildman–Crippen MR) is 91.5 cm³/mol. The zero-order valence-corrected chi connectivity index (χ0v) is 14.8. The summed E-state index contributed by atoms with van der Waals surface area (Å²) >= 11 is 0. The Labute approximate surface area is 147 Å². The van der Waals surface area contributed by atoms with Gasteiger partial charge in [-0.3, -0.25) is 14.7 Å². The van der Waals surface area contributed by atoms with E-state index >= 15 is 0 Å². The molecule has 1 aromatic heterocycles. The van der Waals surface area contributed by atoms with Crippen LogP contribution in [-0.2, 0) is 22.4 Å². The number of fused-ring (bicyclic) bond motifs is 1. The minimum Gasteiger partial charge on any atom is -0.481 e. The molecule has 0 saturated carbocycles. The number of H-pyrrole nitrogens is 1. The summed E-state index contributed by atoms with van der Waals surface area (Å²) in [5.74, 6) is -0.943. The number of hydrogen-bond acceptors (Lipinski definition) is 4. The molecule has 0 radical (unpaired) electrons. The highest BCUT2D eigenvalue weighted by atomic mass is 16.5. The Hall–Kier alpha value is -1.89. The molecule has 0 aromatic carbocycles. The molecule has 138 valence electrons. The monoisotopic (exact) mass is 349 g/mol. The molecule has 2 heterocycles. The van der Waals surface area contributed by atoms with E-state index in [0.717, 1.165) is 36.9 Å². The number of aryl methyl sites for hydroxylation is 1. The second-order valence-corrected chi connectivity index (χ2v) is 7.25. The number of carboxylic acid groups (broad SMARTS) is 1. The zero-order valence-electron chi connectivity index (χ0n) is 14.8. The van der Waals surface area contributed by atoms with Crippen molar-refractivity contribution in [3.05, 3.63) is 17.0 Å². The lowest BCUT2D eigenvalue weighted by Gasteiger charge is -2.40. The van der Waals surface area contributed by atoms with Crippen molar-refractivity contribution in [3.8, 4) is 0 Å². The van der Waals surface area contributed by atoms with Gasteiger partial charge in [-0.1, -0.05) is 0 Å². The van der Waals surface area contributed by atoms with Gasteiger partial charge in [0.05, 0.1) is 5.41 Å². The van der Waals surface area contributed by atoms with Gasteiger partial charge in [0, 0.05) is 38.1 Å². The number of carboxylic acids is 1. The van der Waals surface area contributed by atoms with Gasteiger partial charge in [0.25, 0.3) is 5.91 Å². The molecule has 1 fully saturated rings. The van der Waals surface area contributed by atoms with Crippen molar-refractivity contribution in [2.24, 2.45) is 5.41 Å². The van der Waals surface area contributed by atoms with Crippen molar-refractivity contribution in [1.29, 1.82) is 0 Å². The third-order valence-corrected chi connectivity index (χ3v) is 5.58. The lowest BCUT2D eigenvalue weighted by Crippen LogP contribution is -2.50. The first-order valence-electron chi connectivity index (χ1n) is 9.15. The van der Waals surface area contributed by atoms with Crippen LogP contribution in [-0.4, -0.2) is 58.9 Å². The van der Waals surface area contributed by atoms with Crippen LogP contribution >= 0.6 is 0 Å². The number of likely N-dealkylation sites (tertiary alicyclic amines) is 1. The van der Waals surface area contributed by atoms with E-state index in [0.29, 0.717) is 44.5 Å². The Bertz CT molecular complexity index is 642. The molecule has 1 atom stereocenters. The maximum atomic E-state index is 13.0. The molecule has 1 aliphatic heterocycles. The number of rotatable bonds is 6. The molecule has 1 saturated heterocycles. The second-order valence-electron chi connectivity index (χ2n) is 7.25. The number of carbonyl (C=O) groups is 2. The smallest absolute Gasteiger partial charge is 0.311 e. The van der Waals surface area contributed by atoms with Crippen LogP contribution in [0.2, 0.25) is 0 Å². The standard InChI is InChI=1S/C18H27N3O4/c1-25-11-5-9-18(17(23)24)8-4-10-21(12-18)16(22)15-13-6-2-3-7-14(13)19-20-15/h2-12H2,1H3,(H,19,20)(H,23,24)/t18-/m0/s1. The number of amides is 1. The first kappa shape index (κ1) is 17.9. The number of piperidine rings is 1. The maximum absolute atomic E-state index is 13.0. The van der Waals surface area contributed by atoms with E-state index in [4.69, 9.17) is 4.74 Å². The van der Waals surface area contributed by atoms with Gasteiger partial charge in [0.15, 0.2) is 5.69 Å². The molecule has 3 rings (SSSR count). The molecule has 7 nitrogen and oxygen atoms in total. The number of aromatic nitrogens is 2. The van der Waals surface area contributed by atoms with Crippen LogP contribution in [0, 0.1) is 5.41 Å². The number of ether oxygens (including phenoxy) is 1. The fourth-order valence-electron chi connectivity index (χ4n) is 4.15. The van der Waals surface area contributed by atoms with E-state index in [1.54, 1.807) is 12.0 Å². The largest absolute Gasteiger partial charge is 0.481 e. The lowest BCUT2D eigenvalue weighted by molar-refractivity contribution is -0.152. The summed E-state index contributed by atoms with van der Waals surface area (Å²) in [5, 5.41) is 17.1. The highest BCUT2D eigenvalue weighted by Crippen LogP contribution is 2.36. The van der Waals surface area contributed by atoms with Gasteiger partial charge in [0.1, 0.15) is 0 Å². The summed E-state index contributed by atoms with van der Waals surface area (Å²) < 4.78 is 5.07. The molecular weight excluding hydrogens is 322 g/mol. The summed E-state index contributed by atoms with van der Waals surface area (Å²) in [6.45, 7) is 1.39. The van der Waals surface area contributed by atoms with Crippen molar-refractivity contribution in [3.63, 3.8) is 0 Å². The van der Waals surface area contributed by atoms with E-state index in [-0.39, 0.29) is 12.5 Å². The van der Waals surface area contributed by atoms with Crippen LogP contribution in [0.1, 0.15) is 60.3 Å². The van der Waals surface area contributed by atoms with Crippen LogP contribution in [0.25, 0.3) is 0 Å². The molecule has 2 aliphatic rings. The lowest BCUT2D eigenvalue weighted by atomic mass is 9.76. The third kappa shape index (κ3) is 3.56. The zero-order chi connectivity index (χ0) is 17.9. The second kappa shape index (κ2) is 7.56. The molecule has 1 aliphatic carbocycles. The topological polar surface area (TPSA) is 95.5 Å². The van der Waals surface area contributed by atoms with Crippen LogP contribution in [0.15, 0.2) is 0 Å². The van der Waals surface area contributed by atoms with E-state index in [2.05, 4.69) is 10.2 Å². The number of nitrogens with zero attached hydrogens (tertiary/aromatic N) is 2. The molecule has 1 aromatic rings. The van der Waals surface area contributed by atoms with Crippen LogP contribution in [0.5, 0.6) is 0 Å². The quantitative estimate of drug-likeness (QED) is 0.766. The Morgan fingerprint density at radius 3 is 2.88 bits per heavy atom. The number of carbonyl (C=O) groups excluding carboxylic acids is 1. The highest BCUT2D eigenvalue weighted by molar-refractivity contribution is 5.94. The van der Waals surface area contributed by atoms with E-state index in [1.807, 2.05) is 0 Å². The van der Waals surface area contributed by atoms with E-state index < -0.39 is 11.4 Å².